The van der Waals surface area contributed by atoms with E-state index >= 15 is 0 Å². The summed E-state index contributed by atoms with van der Waals surface area (Å²) in [6.45, 7) is 2.12. The van der Waals surface area contributed by atoms with E-state index in [9.17, 15) is 4.79 Å². The number of rotatable bonds is 4. The molecule has 0 aliphatic heterocycles. The molecule has 0 unspecified atom stereocenters. The predicted octanol–water partition coefficient (Wildman–Crippen LogP) is 4.82. The van der Waals surface area contributed by atoms with Gasteiger partial charge in [-0.3, -0.25) is 9.78 Å². The maximum absolute atomic E-state index is 12.7. The number of aryl methyl sites for hydroxylation is 1. The van der Waals surface area contributed by atoms with Crippen LogP contribution in [0.15, 0.2) is 30.5 Å². The van der Waals surface area contributed by atoms with Gasteiger partial charge in [0.2, 0.25) is 0 Å². The Bertz CT molecular complexity index is 672. The fourth-order valence-electron chi connectivity index (χ4n) is 3.32. The maximum atomic E-state index is 12.7. The smallest absolute Gasteiger partial charge is 0.165 e. The Kier molecular flexibility index (Phi) is 5.89. The lowest BCUT2D eigenvalue weighted by Gasteiger charge is -2.26. The molecule has 1 aliphatic rings. The Morgan fingerprint density at radius 1 is 1.22 bits per heavy atom. The predicted molar refractivity (Wildman–Crippen MR) is 94.9 cm³/mol. The van der Waals surface area contributed by atoms with E-state index in [1.54, 1.807) is 7.11 Å². The lowest BCUT2D eigenvalue weighted by Crippen LogP contribution is -2.25. The minimum absolute atomic E-state index is 0. The van der Waals surface area contributed by atoms with Crippen LogP contribution in [0.2, 0.25) is 0 Å². The van der Waals surface area contributed by atoms with Crippen LogP contribution < -0.4 is 0 Å². The van der Waals surface area contributed by atoms with Crippen LogP contribution in [0.3, 0.4) is 0 Å². The van der Waals surface area contributed by atoms with Crippen LogP contribution in [0.1, 0.15) is 56.0 Å². The molecule has 0 spiro atoms. The monoisotopic (exact) mass is 313 g/mol. The van der Waals surface area contributed by atoms with Crippen molar-refractivity contribution in [2.24, 2.45) is 5.92 Å². The van der Waals surface area contributed by atoms with Gasteiger partial charge in [-0.25, -0.2) is 0 Å². The van der Waals surface area contributed by atoms with Crippen molar-refractivity contribution < 1.29 is 9.53 Å². The number of hydrogen-bond acceptors (Lipinski definition) is 3. The first kappa shape index (κ1) is 17.6. The minimum Gasteiger partial charge on any atom is -0.381 e. The largest absolute Gasteiger partial charge is 0.381 e. The molecule has 1 saturated carbocycles. The van der Waals surface area contributed by atoms with Crippen molar-refractivity contribution in [1.82, 2.24) is 4.98 Å². The fourth-order valence-corrected chi connectivity index (χ4v) is 3.32. The molecule has 23 heavy (non-hydrogen) atoms. The summed E-state index contributed by atoms with van der Waals surface area (Å²) in [4.78, 5) is 17.2. The molecule has 3 heteroatoms. The van der Waals surface area contributed by atoms with E-state index in [2.05, 4.69) is 18.0 Å². The van der Waals surface area contributed by atoms with Gasteiger partial charge in [0.15, 0.2) is 5.78 Å². The molecule has 1 heterocycles. The number of ether oxygens (including phenoxy) is 1. The second kappa shape index (κ2) is 7.69. The highest BCUT2D eigenvalue weighted by atomic mass is 16.5. The van der Waals surface area contributed by atoms with Gasteiger partial charge in [-0.05, 0) is 61.9 Å². The molecule has 1 aliphatic carbocycles. The molecule has 0 radical (unpaired) electrons. The van der Waals surface area contributed by atoms with Crippen LogP contribution in [0.25, 0.3) is 10.9 Å². The summed E-state index contributed by atoms with van der Waals surface area (Å²) < 4.78 is 5.39. The number of fused-ring (bicyclic) bond motifs is 1. The Hall–Kier alpha value is -1.74. The topological polar surface area (TPSA) is 39.2 Å². The Morgan fingerprint density at radius 3 is 2.61 bits per heavy atom. The van der Waals surface area contributed by atoms with Gasteiger partial charge in [-0.15, -0.1) is 0 Å². The van der Waals surface area contributed by atoms with Gasteiger partial charge in [0, 0.05) is 30.2 Å². The molecular weight excluding hydrogens is 286 g/mol. The van der Waals surface area contributed by atoms with Crippen molar-refractivity contribution in [2.45, 2.75) is 52.6 Å². The molecule has 2 aromatic rings. The molecule has 1 aromatic carbocycles. The standard InChI is InChI=1S/C19H23NO2.CH4/c1-3-13-10-16-11-15(6-9-18(16)20-12-13)19(21)14-4-7-17(22-2)8-5-14;/h6,9-12,14,17H,3-5,7-8H2,1-2H3;1H4. The lowest BCUT2D eigenvalue weighted by atomic mass is 9.82. The van der Waals surface area contributed by atoms with Crippen molar-refractivity contribution in [3.63, 3.8) is 0 Å². The highest BCUT2D eigenvalue weighted by Gasteiger charge is 2.26. The van der Waals surface area contributed by atoms with Crippen molar-refractivity contribution in [1.29, 1.82) is 0 Å². The van der Waals surface area contributed by atoms with Gasteiger partial charge in [-0.2, -0.15) is 0 Å². The van der Waals surface area contributed by atoms with Crippen molar-refractivity contribution in [3.8, 4) is 0 Å². The average molecular weight is 313 g/mol. The zero-order valence-corrected chi connectivity index (χ0v) is 13.3. The molecule has 1 fully saturated rings. The number of methoxy groups -OCH3 is 1. The van der Waals surface area contributed by atoms with Gasteiger partial charge in [-0.1, -0.05) is 14.4 Å². The van der Waals surface area contributed by atoms with Crippen molar-refractivity contribution in [3.05, 3.63) is 41.6 Å². The van der Waals surface area contributed by atoms with Crippen molar-refractivity contribution >= 4 is 16.7 Å². The number of Topliss-reactive ketones (excluding diaryl/α,β-unsaturated/α-hetero) is 1. The third-order valence-corrected chi connectivity index (χ3v) is 4.81. The molecule has 0 bridgehead atoms. The highest BCUT2D eigenvalue weighted by molar-refractivity contribution is 6.00. The Labute approximate surface area is 139 Å². The summed E-state index contributed by atoms with van der Waals surface area (Å²) in [5.41, 5.74) is 2.98. The fraction of sp³-hybridized carbons (Fsp3) is 0.500. The molecule has 1 aromatic heterocycles. The van der Waals surface area contributed by atoms with E-state index in [-0.39, 0.29) is 19.1 Å². The minimum atomic E-state index is 0. The second-order valence-electron chi connectivity index (χ2n) is 6.18. The third kappa shape index (κ3) is 3.78. The van der Waals surface area contributed by atoms with Gasteiger partial charge < -0.3 is 4.74 Å². The van der Waals surface area contributed by atoms with E-state index in [1.807, 2.05) is 24.4 Å². The van der Waals surface area contributed by atoms with E-state index in [0.717, 1.165) is 48.6 Å². The van der Waals surface area contributed by atoms with E-state index in [4.69, 9.17) is 4.74 Å². The summed E-state index contributed by atoms with van der Waals surface area (Å²) in [5, 5.41) is 1.07. The second-order valence-corrected chi connectivity index (χ2v) is 6.18. The first-order valence-corrected chi connectivity index (χ1v) is 8.17. The number of carbonyl (C=O) groups excluding carboxylic acids is 1. The van der Waals surface area contributed by atoms with Crippen LogP contribution in [0.4, 0.5) is 0 Å². The Morgan fingerprint density at radius 2 is 1.96 bits per heavy atom. The van der Waals surface area contributed by atoms with E-state index < -0.39 is 0 Å². The van der Waals surface area contributed by atoms with E-state index in [0.29, 0.717) is 6.10 Å². The number of pyridine rings is 1. The SMILES string of the molecule is C.CCc1cnc2ccc(C(=O)C3CCC(OC)CC3)cc2c1. The van der Waals surface area contributed by atoms with Crippen LogP contribution >= 0.6 is 0 Å². The number of carbonyl (C=O) groups is 1. The van der Waals surface area contributed by atoms with Crippen LogP contribution in [0.5, 0.6) is 0 Å². The third-order valence-electron chi connectivity index (χ3n) is 4.81. The summed E-state index contributed by atoms with van der Waals surface area (Å²) >= 11 is 0. The summed E-state index contributed by atoms with van der Waals surface area (Å²) in [5.74, 6) is 0.421. The first-order valence-electron chi connectivity index (χ1n) is 8.17. The normalized spacial score (nSPS) is 21.0. The number of aromatic nitrogens is 1. The molecule has 0 atom stereocenters. The van der Waals surface area contributed by atoms with E-state index in [1.165, 1.54) is 5.56 Å². The van der Waals surface area contributed by atoms with Gasteiger partial charge in [0.25, 0.3) is 0 Å². The maximum Gasteiger partial charge on any atom is 0.165 e. The Balaban J connectivity index is 0.00000192. The molecular formula is C20H27NO2. The highest BCUT2D eigenvalue weighted by Crippen LogP contribution is 2.29. The van der Waals surface area contributed by atoms with Gasteiger partial charge in [0.05, 0.1) is 11.6 Å². The number of nitrogens with zero attached hydrogens (tertiary/aromatic N) is 1. The summed E-state index contributed by atoms with van der Waals surface area (Å²) in [6.07, 6.45) is 7.05. The molecule has 0 N–H and O–H groups in total. The van der Waals surface area contributed by atoms with Gasteiger partial charge in [0.1, 0.15) is 0 Å². The average Bonchev–Trinajstić information content (AvgIpc) is 2.60. The quantitative estimate of drug-likeness (QED) is 0.760. The number of hydrogen-bond donors (Lipinski definition) is 0. The molecule has 3 rings (SSSR count). The number of benzene rings is 1. The van der Waals surface area contributed by atoms with Crippen LogP contribution in [0, 0.1) is 5.92 Å². The zero-order valence-electron chi connectivity index (χ0n) is 13.3. The van der Waals surface area contributed by atoms with Crippen LogP contribution in [-0.4, -0.2) is 24.0 Å². The first-order chi connectivity index (χ1) is 10.7. The molecule has 0 amide bonds. The number of ketones is 1. The molecule has 3 nitrogen and oxygen atoms in total. The zero-order chi connectivity index (χ0) is 15.5. The summed E-state index contributed by atoms with van der Waals surface area (Å²) in [7, 11) is 1.76. The van der Waals surface area contributed by atoms with Crippen LogP contribution in [-0.2, 0) is 11.2 Å². The summed E-state index contributed by atoms with van der Waals surface area (Å²) in [6, 6.07) is 8.03. The molecule has 0 saturated heterocycles. The lowest BCUT2D eigenvalue weighted by molar-refractivity contribution is 0.0519. The molecule has 124 valence electrons. The van der Waals surface area contributed by atoms with Gasteiger partial charge >= 0.3 is 0 Å². The van der Waals surface area contributed by atoms with Crippen molar-refractivity contribution in [2.75, 3.05) is 7.11 Å².